The highest BCUT2D eigenvalue weighted by Gasteiger charge is 2.28. The summed E-state index contributed by atoms with van der Waals surface area (Å²) in [6, 6.07) is 13.6. The van der Waals surface area contributed by atoms with Gasteiger partial charge in [0, 0.05) is 42.9 Å². The number of hydrazine groups is 1. The summed E-state index contributed by atoms with van der Waals surface area (Å²) in [6.45, 7) is 12.4. The second kappa shape index (κ2) is 17.8. The van der Waals surface area contributed by atoms with Crippen LogP contribution >= 0.6 is 0 Å². The number of carbonyl (C=O) groups excluding carboxylic acids is 2. The zero-order chi connectivity index (χ0) is 32.0. The Bertz CT molecular complexity index is 1350. The molecule has 236 valence electrons. The van der Waals surface area contributed by atoms with Crippen LogP contribution in [0.25, 0.3) is 0 Å². The number of hydrogen-bond acceptors (Lipinski definition) is 6. The first-order valence-electron chi connectivity index (χ1n) is 15.1. The van der Waals surface area contributed by atoms with Gasteiger partial charge in [-0.05, 0) is 70.2 Å². The van der Waals surface area contributed by atoms with Gasteiger partial charge in [0.1, 0.15) is 0 Å². The molecule has 9 nitrogen and oxygen atoms in total. The number of hydrogen-bond donors (Lipinski definition) is 3. The van der Waals surface area contributed by atoms with Gasteiger partial charge in [-0.2, -0.15) is 0 Å². The maximum absolute atomic E-state index is 13.7. The Kier molecular flexibility index (Phi) is 14.9. The van der Waals surface area contributed by atoms with Crippen molar-refractivity contribution < 1.29 is 23.1 Å². The molecule has 3 N–H and O–H groups in total. The van der Waals surface area contributed by atoms with Gasteiger partial charge in [-0.1, -0.05) is 57.0 Å². The first-order chi connectivity index (χ1) is 20.4. The van der Waals surface area contributed by atoms with E-state index in [0.29, 0.717) is 43.6 Å². The lowest BCUT2D eigenvalue weighted by Crippen LogP contribution is -2.54. The van der Waals surface area contributed by atoms with Crippen molar-refractivity contribution in [2.45, 2.75) is 84.6 Å². The third kappa shape index (κ3) is 11.4. The molecule has 0 heterocycles. The fraction of sp³-hybridized carbons (Fsp3) is 0.515. The number of aliphatic hydroxyl groups is 1. The zero-order valence-corrected chi connectivity index (χ0v) is 27.2. The molecule has 0 aromatic heterocycles. The van der Waals surface area contributed by atoms with E-state index in [4.69, 9.17) is 0 Å². The van der Waals surface area contributed by atoms with Gasteiger partial charge in [-0.3, -0.25) is 9.59 Å². The van der Waals surface area contributed by atoms with E-state index < -0.39 is 33.3 Å². The SMILES string of the molecule is CC#Cc1cc(C(=O)NC(Cc2ccccc2)C(O)CN(CCC)NS(=O)(=O)C(C)C)cc(C(=O)N(CCC)CCC)c1. The second-order valence-electron chi connectivity index (χ2n) is 10.9. The Morgan fingerprint density at radius 2 is 1.53 bits per heavy atom. The van der Waals surface area contributed by atoms with E-state index >= 15 is 0 Å². The Balaban J connectivity index is 2.42. The topological polar surface area (TPSA) is 119 Å². The monoisotopic (exact) mass is 612 g/mol. The maximum atomic E-state index is 13.7. The lowest BCUT2D eigenvalue weighted by Gasteiger charge is -2.30. The molecule has 2 aromatic carbocycles. The van der Waals surface area contributed by atoms with Crippen molar-refractivity contribution >= 4 is 21.8 Å². The van der Waals surface area contributed by atoms with Gasteiger partial charge in [0.2, 0.25) is 10.0 Å². The third-order valence-electron chi connectivity index (χ3n) is 6.84. The highest BCUT2D eigenvalue weighted by Crippen LogP contribution is 2.16. The van der Waals surface area contributed by atoms with Gasteiger partial charge in [0.25, 0.3) is 11.8 Å². The van der Waals surface area contributed by atoms with Crippen molar-refractivity contribution in [2.75, 3.05) is 26.2 Å². The van der Waals surface area contributed by atoms with E-state index in [1.165, 1.54) is 5.01 Å². The van der Waals surface area contributed by atoms with Crippen LogP contribution in [-0.2, 0) is 16.4 Å². The van der Waals surface area contributed by atoms with Crippen LogP contribution in [0.15, 0.2) is 48.5 Å². The molecule has 43 heavy (non-hydrogen) atoms. The summed E-state index contributed by atoms with van der Waals surface area (Å²) in [7, 11) is -3.63. The van der Waals surface area contributed by atoms with Gasteiger partial charge < -0.3 is 15.3 Å². The summed E-state index contributed by atoms with van der Waals surface area (Å²) < 4.78 is 25.2. The van der Waals surface area contributed by atoms with Crippen molar-refractivity contribution in [3.8, 4) is 11.8 Å². The Morgan fingerprint density at radius 1 is 0.930 bits per heavy atom. The summed E-state index contributed by atoms with van der Waals surface area (Å²) in [5.74, 6) is 5.18. The van der Waals surface area contributed by atoms with E-state index in [1.807, 2.05) is 51.1 Å². The van der Waals surface area contributed by atoms with E-state index in [-0.39, 0.29) is 18.0 Å². The van der Waals surface area contributed by atoms with Gasteiger partial charge in [0.15, 0.2) is 0 Å². The maximum Gasteiger partial charge on any atom is 0.253 e. The van der Waals surface area contributed by atoms with E-state index in [9.17, 15) is 23.1 Å². The molecule has 2 unspecified atom stereocenters. The van der Waals surface area contributed by atoms with Crippen molar-refractivity contribution in [3.63, 3.8) is 0 Å². The minimum atomic E-state index is -3.63. The van der Waals surface area contributed by atoms with Crippen LogP contribution in [0.5, 0.6) is 0 Å². The largest absolute Gasteiger partial charge is 0.390 e. The average Bonchev–Trinajstić information content (AvgIpc) is 2.96. The van der Waals surface area contributed by atoms with Crippen LogP contribution in [0.2, 0.25) is 0 Å². The van der Waals surface area contributed by atoms with Crippen LogP contribution < -0.4 is 10.1 Å². The average molecular weight is 613 g/mol. The molecule has 0 aliphatic carbocycles. The quantitative estimate of drug-likeness (QED) is 0.184. The summed E-state index contributed by atoms with van der Waals surface area (Å²) in [5.41, 5.74) is 2.08. The molecule has 0 saturated carbocycles. The smallest absolute Gasteiger partial charge is 0.253 e. The number of aliphatic hydroxyl groups excluding tert-OH is 1. The normalized spacial score (nSPS) is 12.9. The Labute approximate surface area is 258 Å². The van der Waals surface area contributed by atoms with Gasteiger partial charge in [-0.15, -0.1) is 10.8 Å². The molecule has 10 heteroatoms. The predicted molar refractivity (Wildman–Crippen MR) is 172 cm³/mol. The molecular formula is C33H48N4O5S. The van der Waals surface area contributed by atoms with E-state index in [1.54, 1.807) is 43.9 Å². The highest BCUT2D eigenvalue weighted by atomic mass is 32.2. The number of rotatable bonds is 17. The summed E-state index contributed by atoms with van der Waals surface area (Å²) >= 11 is 0. The molecule has 2 aromatic rings. The molecule has 0 bridgehead atoms. The fourth-order valence-corrected chi connectivity index (χ4v) is 5.36. The number of benzene rings is 2. The summed E-state index contributed by atoms with van der Waals surface area (Å²) in [6.07, 6.45) is 1.48. The zero-order valence-electron chi connectivity index (χ0n) is 26.4. The summed E-state index contributed by atoms with van der Waals surface area (Å²) in [4.78, 5) is 31.5. The number of carbonyl (C=O) groups is 2. The standard InChI is InChI=1S/C33H48N4O5S/c1-7-14-27-20-28(23-29(21-27)33(40)36(17-8-2)18-9-3)32(39)34-30(22-26-15-12-11-13-16-26)31(38)24-37(19-10-4)35-43(41,42)25(5)6/h11-13,15-16,20-21,23,25,30-31,35,38H,8-10,17-19,22,24H2,1-6H3,(H,34,39). The molecule has 0 saturated heterocycles. The van der Waals surface area contributed by atoms with Gasteiger partial charge in [0.05, 0.1) is 17.4 Å². The van der Waals surface area contributed by atoms with Crippen molar-refractivity contribution in [1.82, 2.24) is 20.1 Å². The number of nitrogens with zero attached hydrogens (tertiary/aromatic N) is 2. The second-order valence-corrected chi connectivity index (χ2v) is 13.1. The van der Waals surface area contributed by atoms with Crippen LogP contribution in [0.4, 0.5) is 0 Å². The molecule has 0 spiro atoms. The van der Waals surface area contributed by atoms with Crippen LogP contribution in [0.1, 0.15) is 92.6 Å². The molecule has 2 rings (SSSR count). The van der Waals surface area contributed by atoms with Crippen molar-refractivity contribution in [2.24, 2.45) is 0 Å². The molecule has 0 aliphatic rings. The fourth-order valence-electron chi connectivity index (χ4n) is 4.62. The number of nitrogens with one attached hydrogen (secondary N) is 2. The molecule has 2 atom stereocenters. The molecule has 2 amide bonds. The molecule has 0 aliphatic heterocycles. The summed E-state index contributed by atoms with van der Waals surface area (Å²) in [5, 5.41) is 15.2. The van der Waals surface area contributed by atoms with Crippen LogP contribution in [-0.4, -0.2) is 78.8 Å². The van der Waals surface area contributed by atoms with E-state index in [2.05, 4.69) is 22.0 Å². The Morgan fingerprint density at radius 3 is 2.09 bits per heavy atom. The van der Waals surface area contributed by atoms with Gasteiger partial charge >= 0.3 is 0 Å². The van der Waals surface area contributed by atoms with E-state index in [0.717, 1.165) is 18.4 Å². The molecule has 0 radical (unpaired) electrons. The molecule has 0 fully saturated rings. The third-order valence-corrected chi connectivity index (χ3v) is 8.60. The number of sulfonamides is 1. The minimum Gasteiger partial charge on any atom is -0.390 e. The Hall–Kier alpha value is -3.23. The predicted octanol–water partition coefficient (Wildman–Crippen LogP) is 3.98. The van der Waals surface area contributed by atoms with Gasteiger partial charge in [-0.25, -0.2) is 13.4 Å². The molecular weight excluding hydrogens is 564 g/mol. The lowest BCUT2D eigenvalue weighted by atomic mass is 9.99. The van der Waals surface area contributed by atoms with Crippen molar-refractivity contribution in [1.29, 1.82) is 0 Å². The first-order valence-corrected chi connectivity index (χ1v) is 16.7. The lowest BCUT2D eigenvalue weighted by molar-refractivity contribution is 0.0618. The highest BCUT2D eigenvalue weighted by molar-refractivity contribution is 7.90. The van der Waals surface area contributed by atoms with Crippen molar-refractivity contribution in [3.05, 3.63) is 70.8 Å². The van der Waals surface area contributed by atoms with Crippen LogP contribution in [0.3, 0.4) is 0 Å². The minimum absolute atomic E-state index is 0.0361. The first kappa shape index (κ1) is 36.0. The van der Waals surface area contributed by atoms with Crippen LogP contribution in [0, 0.1) is 11.8 Å². The number of amides is 2.